The van der Waals surface area contributed by atoms with E-state index in [4.69, 9.17) is 19.8 Å². The number of nitrogens with zero attached hydrogens (tertiary/aromatic N) is 5. The van der Waals surface area contributed by atoms with Crippen molar-refractivity contribution in [1.82, 2.24) is 9.78 Å². The Morgan fingerprint density at radius 3 is 2.36 bits per heavy atom. The molecule has 5 aromatic rings. The van der Waals surface area contributed by atoms with Gasteiger partial charge in [0.15, 0.2) is 17.5 Å². The standard InChI is InChI=1S/C34H27F3N6O/c1-3-44-26-18-16-22(17-19-26)30-29-21(2)41-43(25-12-5-4-6-13-25)32(29)40-33-31(39-27-14-7-8-15-28(27)42(30)33)38-24-11-9-10-23(20-24)34(35,36)37/h4-20,30H,3H2,1-2H3,(H,38,39). The van der Waals surface area contributed by atoms with Crippen molar-refractivity contribution < 1.29 is 17.9 Å². The Labute approximate surface area is 252 Å². The number of aryl methyl sites for hydroxylation is 1. The average Bonchev–Trinajstić information content (AvgIpc) is 3.37. The molecule has 1 aromatic heterocycles. The maximum Gasteiger partial charge on any atom is 0.416 e. The molecule has 10 heteroatoms. The van der Waals surface area contributed by atoms with Crippen LogP contribution in [0.1, 0.15) is 35.3 Å². The van der Waals surface area contributed by atoms with Gasteiger partial charge in [-0.15, -0.1) is 0 Å². The summed E-state index contributed by atoms with van der Waals surface area (Å²) in [7, 11) is 0. The van der Waals surface area contributed by atoms with Gasteiger partial charge in [-0.05, 0) is 74.0 Å². The summed E-state index contributed by atoms with van der Waals surface area (Å²) in [5.74, 6) is 2.16. The fourth-order valence-electron chi connectivity index (χ4n) is 5.69. The lowest BCUT2D eigenvalue weighted by Gasteiger charge is -2.40. The number of amidine groups is 2. The third-order valence-corrected chi connectivity index (χ3v) is 7.60. The van der Waals surface area contributed by atoms with Crippen LogP contribution in [-0.4, -0.2) is 28.1 Å². The number of benzene rings is 4. The number of aliphatic imine (C=N–C) groups is 2. The molecule has 4 aromatic carbocycles. The van der Waals surface area contributed by atoms with Crippen LogP contribution >= 0.6 is 0 Å². The molecular weight excluding hydrogens is 565 g/mol. The maximum atomic E-state index is 13.6. The van der Waals surface area contributed by atoms with Crippen molar-refractivity contribution >= 4 is 34.6 Å². The van der Waals surface area contributed by atoms with Crippen LogP contribution in [0.4, 0.5) is 36.1 Å². The highest BCUT2D eigenvalue weighted by Gasteiger charge is 2.41. The highest BCUT2D eigenvalue weighted by atomic mass is 19.4. The van der Waals surface area contributed by atoms with Gasteiger partial charge in [-0.3, -0.25) is 0 Å². The lowest BCUT2D eigenvalue weighted by molar-refractivity contribution is -0.137. The number of aromatic nitrogens is 2. The van der Waals surface area contributed by atoms with Gasteiger partial charge in [-0.2, -0.15) is 18.3 Å². The summed E-state index contributed by atoms with van der Waals surface area (Å²) in [4.78, 5) is 12.1. The molecule has 2 aliphatic rings. The van der Waals surface area contributed by atoms with Gasteiger partial charge in [0.1, 0.15) is 5.75 Å². The van der Waals surface area contributed by atoms with E-state index in [0.29, 0.717) is 29.8 Å². The SMILES string of the molecule is CCOc1ccc(C2c3c(C)nn(-c4ccccc4)c3N=C3C(Nc4cccc(C(F)(F)F)c4)=Nc4ccccc4N32)cc1. The summed E-state index contributed by atoms with van der Waals surface area (Å²) >= 11 is 0. The molecule has 0 amide bonds. The van der Waals surface area contributed by atoms with E-state index in [1.54, 1.807) is 10.7 Å². The number of hydrogen-bond acceptors (Lipinski definition) is 6. The Morgan fingerprint density at radius 2 is 1.61 bits per heavy atom. The van der Waals surface area contributed by atoms with E-state index in [2.05, 4.69) is 10.2 Å². The van der Waals surface area contributed by atoms with Gasteiger partial charge in [-0.25, -0.2) is 14.7 Å². The van der Waals surface area contributed by atoms with Gasteiger partial charge >= 0.3 is 6.18 Å². The normalized spacial score (nSPS) is 15.5. The van der Waals surface area contributed by atoms with Gasteiger partial charge in [0.2, 0.25) is 0 Å². The molecule has 0 aliphatic carbocycles. The van der Waals surface area contributed by atoms with Crippen molar-refractivity contribution in [3.8, 4) is 11.4 Å². The molecule has 0 saturated heterocycles. The van der Waals surface area contributed by atoms with Gasteiger partial charge in [0.05, 0.1) is 41.0 Å². The minimum atomic E-state index is -4.49. The molecule has 220 valence electrons. The Kier molecular flexibility index (Phi) is 6.68. The van der Waals surface area contributed by atoms with Crippen molar-refractivity contribution in [2.75, 3.05) is 16.8 Å². The van der Waals surface area contributed by atoms with Crippen LogP contribution < -0.4 is 15.0 Å². The summed E-state index contributed by atoms with van der Waals surface area (Å²) in [6.45, 7) is 4.45. The van der Waals surface area contributed by atoms with E-state index in [1.165, 1.54) is 6.07 Å². The fraction of sp³-hybridized carbons (Fsp3) is 0.147. The number of ether oxygens (including phenoxy) is 1. The summed E-state index contributed by atoms with van der Waals surface area (Å²) in [5, 5.41) is 8.08. The number of fused-ring (bicyclic) bond motifs is 4. The topological polar surface area (TPSA) is 67.0 Å². The summed E-state index contributed by atoms with van der Waals surface area (Å²) in [6, 6.07) is 30.0. The molecule has 44 heavy (non-hydrogen) atoms. The molecule has 0 spiro atoms. The quantitative estimate of drug-likeness (QED) is 0.223. The molecule has 1 N–H and O–H groups in total. The largest absolute Gasteiger partial charge is 0.494 e. The second-order valence-corrected chi connectivity index (χ2v) is 10.4. The molecule has 7 rings (SSSR count). The number of nitrogens with one attached hydrogen (secondary N) is 1. The number of anilines is 2. The predicted octanol–water partition coefficient (Wildman–Crippen LogP) is 8.39. The first-order valence-corrected chi connectivity index (χ1v) is 14.2. The third-order valence-electron chi connectivity index (χ3n) is 7.60. The Bertz CT molecular complexity index is 1910. The van der Waals surface area contributed by atoms with E-state index in [9.17, 15) is 13.2 Å². The summed E-state index contributed by atoms with van der Waals surface area (Å²) in [6.07, 6.45) is -4.49. The van der Waals surface area contributed by atoms with Gasteiger partial charge < -0.3 is 15.0 Å². The highest BCUT2D eigenvalue weighted by Crippen LogP contribution is 2.48. The molecular formula is C34H27F3N6O. The lowest BCUT2D eigenvalue weighted by Crippen LogP contribution is -2.46. The second kappa shape index (κ2) is 10.7. The van der Waals surface area contributed by atoms with Crippen molar-refractivity contribution in [2.24, 2.45) is 9.98 Å². The Morgan fingerprint density at radius 1 is 0.864 bits per heavy atom. The molecule has 3 heterocycles. The van der Waals surface area contributed by atoms with Crippen molar-refractivity contribution in [3.63, 3.8) is 0 Å². The first kappa shape index (κ1) is 27.5. The predicted molar refractivity (Wildman–Crippen MR) is 166 cm³/mol. The Balaban J connectivity index is 1.45. The van der Waals surface area contributed by atoms with E-state index in [1.807, 2.05) is 92.7 Å². The number of halogens is 3. The first-order chi connectivity index (χ1) is 21.3. The molecule has 1 atom stereocenters. The Hall–Kier alpha value is -5.38. The lowest BCUT2D eigenvalue weighted by atomic mass is 9.93. The number of hydrogen-bond donors (Lipinski definition) is 1. The minimum absolute atomic E-state index is 0.247. The van der Waals surface area contributed by atoms with Crippen LogP contribution in [0, 0.1) is 6.92 Å². The molecule has 0 radical (unpaired) electrons. The van der Waals surface area contributed by atoms with E-state index < -0.39 is 11.7 Å². The third kappa shape index (κ3) is 4.78. The van der Waals surface area contributed by atoms with Gasteiger partial charge in [0.25, 0.3) is 0 Å². The van der Waals surface area contributed by atoms with E-state index in [-0.39, 0.29) is 11.7 Å². The van der Waals surface area contributed by atoms with Crippen LogP contribution in [0.5, 0.6) is 5.75 Å². The number of para-hydroxylation sites is 3. The van der Waals surface area contributed by atoms with Crippen LogP contribution in [0.3, 0.4) is 0 Å². The van der Waals surface area contributed by atoms with Crippen molar-refractivity contribution in [3.05, 3.63) is 126 Å². The van der Waals surface area contributed by atoms with E-state index >= 15 is 0 Å². The molecule has 0 saturated carbocycles. The summed E-state index contributed by atoms with van der Waals surface area (Å²) < 4.78 is 48.3. The van der Waals surface area contributed by atoms with Gasteiger partial charge in [-0.1, -0.05) is 48.5 Å². The zero-order chi connectivity index (χ0) is 30.4. The monoisotopic (exact) mass is 592 g/mol. The van der Waals surface area contributed by atoms with Crippen LogP contribution in [0.15, 0.2) is 113 Å². The zero-order valence-electron chi connectivity index (χ0n) is 23.9. The molecule has 1 unspecified atom stereocenters. The maximum absolute atomic E-state index is 13.6. The van der Waals surface area contributed by atoms with Crippen LogP contribution in [0.25, 0.3) is 5.69 Å². The molecule has 0 bridgehead atoms. The minimum Gasteiger partial charge on any atom is -0.494 e. The summed E-state index contributed by atoms with van der Waals surface area (Å²) in [5.41, 5.74) is 4.49. The first-order valence-electron chi connectivity index (χ1n) is 14.2. The number of alkyl halides is 3. The van der Waals surface area contributed by atoms with Crippen LogP contribution in [-0.2, 0) is 6.18 Å². The molecule has 0 fully saturated rings. The number of rotatable bonds is 5. The average molecular weight is 593 g/mol. The fourth-order valence-corrected chi connectivity index (χ4v) is 5.69. The molecule has 2 aliphatic heterocycles. The molecule has 7 nitrogen and oxygen atoms in total. The highest BCUT2D eigenvalue weighted by molar-refractivity contribution is 6.51. The smallest absolute Gasteiger partial charge is 0.416 e. The van der Waals surface area contributed by atoms with Crippen molar-refractivity contribution in [2.45, 2.75) is 26.1 Å². The second-order valence-electron chi connectivity index (χ2n) is 10.4. The van der Waals surface area contributed by atoms with E-state index in [0.717, 1.165) is 46.1 Å². The van der Waals surface area contributed by atoms with Crippen LogP contribution in [0.2, 0.25) is 0 Å². The zero-order valence-corrected chi connectivity index (χ0v) is 23.9. The van der Waals surface area contributed by atoms with Crippen molar-refractivity contribution in [1.29, 1.82) is 0 Å². The van der Waals surface area contributed by atoms with Gasteiger partial charge in [0, 0.05) is 11.3 Å².